The van der Waals surface area contributed by atoms with Crippen LogP contribution in [0, 0.1) is 0 Å². The first-order chi connectivity index (χ1) is 13.0. The number of fused-ring (bicyclic) bond motifs is 1. The van der Waals surface area contributed by atoms with E-state index >= 15 is 0 Å². The van der Waals surface area contributed by atoms with Crippen LogP contribution in [0.25, 0.3) is 0 Å². The van der Waals surface area contributed by atoms with E-state index in [0.29, 0.717) is 30.9 Å². The van der Waals surface area contributed by atoms with Gasteiger partial charge in [-0.3, -0.25) is 0 Å². The molecule has 1 amide bonds. The van der Waals surface area contributed by atoms with Crippen molar-refractivity contribution in [1.82, 2.24) is 4.90 Å². The van der Waals surface area contributed by atoms with Gasteiger partial charge in [-0.05, 0) is 0 Å². The van der Waals surface area contributed by atoms with Crippen LogP contribution in [-0.2, 0) is 20.8 Å². The minimum atomic E-state index is -1.05. The SMILES string of the molecule is CCN(C=O)C1([Se]c2ccccc2)Cc2ccc(OC(C)=O)cc2OC1=O. The summed E-state index contributed by atoms with van der Waals surface area (Å²) in [7, 11) is 0. The summed E-state index contributed by atoms with van der Waals surface area (Å²) in [5, 5.41) is 0. The van der Waals surface area contributed by atoms with Crippen molar-refractivity contribution in [3.05, 3.63) is 54.1 Å². The van der Waals surface area contributed by atoms with Crippen LogP contribution in [0.3, 0.4) is 0 Å². The van der Waals surface area contributed by atoms with Gasteiger partial charge >= 0.3 is 163 Å². The van der Waals surface area contributed by atoms with E-state index in [9.17, 15) is 14.4 Å². The van der Waals surface area contributed by atoms with E-state index in [-0.39, 0.29) is 15.0 Å². The van der Waals surface area contributed by atoms with Crippen molar-refractivity contribution in [2.24, 2.45) is 0 Å². The first kappa shape index (κ1) is 19.1. The molecule has 0 saturated carbocycles. The molecule has 1 aliphatic rings. The maximum atomic E-state index is 13.1. The molecule has 2 aromatic carbocycles. The third-order valence-electron chi connectivity index (χ3n) is 4.21. The predicted octanol–water partition coefficient (Wildman–Crippen LogP) is 1.28. The molecule has 0 N–H and O–H groups in total. The van der Waals surface area contributed by atoms with Crippen molar-refractivity contribution in [1.29, 1.82) is 0 Å². The molecule has 0 saturated heterocycles. The molecule has 1 atom stereocenters. The molecule has 6 nitrogen and oxygen atoms in total. The van der Waals surface area contributed by atoms with E-state index < -0.39 is 16.4 Å². The Morgan fingerprint density at radius 2 is 2.04 bits per heavy atom. The number of amides is 1. The average Bonchev–Trinajstić information content (AvgIpc) is 2.64. The molecule has 1 unspecified atom stereocenters. The summed E-state index contributed by atoms with van der Waals surface area (Å²) in [4.78, 5) is 37.5. The molecule has 0 spiro atoms. The zero-order valence-corrected chi connectivity index (χ0v) is 16.7. The zero-order chi connectivity index (χ0) is 19.4. The third-order valence-corrected chi connectivity index (χ3v) is 7.13. The van der Waals surface area contributed by atoms with Gasteiger partial charge in [0.1, 0.15) is 0 Å². The van der Waals surface area contributed by atoms with Crippen LogP contribution in [0.15, 0.2) is 48.5 Å². The second-order valence-electron chi connectivity index (χ2n) is 6.02. The first-order valence-corrected chi connectivity index (χ1v) is 10.2. The van der Waals surface area contributed by atoms with Crippen LogP contribution in [0.4, 0.5) is 0 Å². The Labute approximate surface area is 163 Å². The number of ether oxygens (including phenoxy) is 2. The van der Waals surface area contributed by atoms with Gasteiger partial charge in [0.05, 0.1) is 0 Å². The van der Waals surface area contributed by atoms with Crippen LogP contribution in [0.1, 0.15) is 19.4 Å². The molecule has 3 rings (SSSR count). The Hall–Kier alpha value is -2.63. The van der Waals surface area contributed by atoms with Crippen molar-refractivity contribution < 1.29 is 23.9 Å². The van der Waals surface area contributed by atoms with Gasteiger partial charge in [-0.15, -0.1) is 0 Å². The monoisotopic (exact) mass is 433 g/mol. The average molecular weight is 432 g/mol. The predicted molar refractivity (Wildman–Crippen MR) is 100 cm³/mol. The number of nitrogens with zero attached hydrogens (tertiary/aromatic N) is 1. The first-order valence-electron chi connectivity index (χ1n) is 8.48. The van der Waals surface area contributed by atoms with Gasteiger partial charge < -0.3 is 0 Å². The van der Waals surface area contributed by atoms with E-state index in [1.807, 2.05) is 37.3 Å². The Morgan fingerprint density at radius 3 is 2.67 bits per heavy atom. The summed E-state index contributed by atoms with van der Waals surface area (Å²) < 4.78 is 10.6. The number of benzene rings is 2. The van der Waals surface area contributed by atoms with Crippen molar-refractivity contribution in [2.75, 3.05) is 6.54 Å². The molecule has 140 valence electrons. The fourth-order valence-electron chi connectivity index (χ4n) is 2.97. The van der Waals surface area contributed by atoms with E-state index in [1.54, 1.807) is 12.1 Å². The van der Waals surface area contributed by atoms with Crippen LogP contribution in [-0.4, -0.2) is 49.2 Å². The fourth-order valence-corrected chi connectivity index (χ4v) is 5.75. The maximum absolute atomic E-state index is 13.1. The van der Waals surface area contributed by atoms with E-state index in [1.165, 1.54) is 17.9 Å². The van der Waals surface area contributed by atoms with Crippen LogP contribution in [0.5, 0.6) is 11.5 Å². The molecule has 7 heteroatoms. The summed E-state index contributed by atoms with van der Waals surface area (Å²) >= 11 is -0.353. The molecule has 0 bridgehead atoms. The van der Waals surface area contributed by atoms with Crippen LogP contribution in [0.2, 0.25) is 0 Å². The van der Waals surface area contributed by atoms with Crippen LogP contribution >= 0.6 is 0 Å². The summed E-state index contributed by atoms with van der Waals surface area (Å²) in [5.74, 6) is -0.234. The molecule has 0 radical (unpaired) electrons. The van der Waals surface area contributed by atoms with Gasteiger partial charge in [0.25, 0.3) is 0 Å². The quantitative estimate of drug-likeness (QED) is 0.298. The number of carbonyl (C=O) groups excluding carboxylic acids is 3. The van der Waals surface area contributed by atoms with Crippen molar-refractivity contribution >= 4 is 37.8 Å². The molecule has 0 aliphatic carbocycles. The third kappa shape index (κ3) is 3.89. The topological polar surface area (TPSA) is 72.9 Å². The Balaban J connectivity index is 2.01. The van der Waals surface area contributed by atoms with Crippen LogP contribution < -0.4 is 13.9 Å². The molecule has 0 aromatic heterocycles. The molecule has 1 heterocycles. The Kier molecular flexibility index (Phi) is 5.63. The van der Waals surface area contributed by atoms with Gasteiger partial charge in [-0.25, -0.2) is 0 Å². The van der Waals surface area contributed by atoms with Gasteiger partial charge in [0.2, 0.25) is 0 Å². The fraction of sp³-hybridized carbons (Fsp3) is 0.250. The zero-order valence-electron chi connectivity index (χ0n) is 15.0. The normalized spacial score (nSPS) is 18.2. The number of hydrogen-bond acceptors (Lipinski definition) is 5. The molecule has 0 fully saturated rings. The molecule has 27 heavy (non-hydrogen) atoms. The number of carbonyl (C=O) groups is 3. The Morgan fingerprint density at radius 1 is 1.30 bits per heavy atom. The summed E-state index contributed by atoms with van der Waals surface area (Å²) in [6.07, 6.45) is 1.06. The van der Waals surface area contributed by atoms with Gasteiger partial charge in [0.15, 0.2) is 0 Å². The van der Waals surface area contributed by atoms with E-state index in [2.05, 4.69) is 0 Å². The number of hydrogen-bond donors (Lipinski definition) is 0. The molecular formula is C20H19NO5Se. The molecule has 2 aromatic rings. The van der Waals surface area contributed by atoms with E-state index in [4.69, 9.17) is 9.47 Å². The number of rotatable bonds is 6. The minimum absolute atomic E-state index is 0.317. The van der Waals surface area contributed by atoms with Crippen molar-refractivity contribution in [2.45, 2.75) is 24.7 Å². The number of esters is 2. The molecular weight excluding hydrogens is 413 g/mol. The summed E-state index contributed by atoms with van der Waals surface area (Å²) in [6.45, 7) is 3.54. The Bertz CT molecular complexity index is 870. The van der Waals surface area contributed by atoms with E-state index in [0.717, 1.165) is 10.0 Å². The molecule has 1 aliphatic heterocycles. The van der Waals surface area contributed by atoms with Gasteiger partial charge in [-0.1, -0.05) is 0 Å². The van der Waals surface area contributed by atoms with Gasteiger partial charge in [0, 0.05) is 0 Å². The summed E-state index contributed by atoms with van der Waals surface area (Å²) in [5.41, 5.74) is 0.795. The second kappa shape index (κ2) is 7.94. The summed E-state index contributed by atoms with van der Waals surface area (Å²) in [6, 6.07) is 14.6. The second-order valence-corrected chi connectivity index (χ2v) is 8.85. The standard InChI is InChI=1S/C20H19NO5Se/c1-3-21(13-22)20(27-17-7-5-4-6-8-17)12-15-9-10-16(25-14(2)23)11-18(15)26-19(20)24/h4-11,13H,3,12H2,1-2H3. The van der Waals surface area contributed by atoms with Crippen molar-refractivity contribution in [3.8, 4) is 11.5 Å². The van der Waals surface area contributed by atoms with Crippen molar-refractivity contribution in [3.63, 3.8) is 0 Å². The van der Waals surface area contributed by atoms with Gasteiger partial charge in [-0.2, -0.15) is 0 Å². The number of likely N-dealkylation sites (N-methyl/N-ethyl adjacent to an activating group) is 1.